The van der Waals surface area contributed by atoms with E-state index in [0.717, 1.165) is 0 Å². The zero-order valence-electron chi connectivity index (χ0n) is 18.6. The molecule has 3 aromatic rings. The van der Waals surface area contributed by atoms with E-state index in [9.17, 15) is 18.8 Å². The van der Waals surface area contributed by atoms with Gasteiger partial charge in [-0.3, -0.25) is 14.4 Å². The van der Waals surface area contributed by atoms with Crippen molar-refractivity contribution in [2.45, 2.75) is 25.4 Å². The van der Waals surface area contributed by atoms with E-state index >= 15 is 0 Å². The Kier molecular flexibility index (Phi) is 7.37. The molecular formula is C26H26FN3O4. The van der Waals surface area contributed by atoms with Crippen LogP contribution in [0.25, 0.3) is 0 Å². The maximum absolute atomic E-state index is 13.5. The smallest absolute Gasteiger partial charge is 0.253 e. The molecule has 2 aromatic carbocycles. The summed E-state index contributed by atoms with van der Waals surface area (Å²) in [6.45, 7) is 1.02. The van der Waals surface area contributed by atoms with E-state index < -0.39 is 11.9 Å². The number of furan rings is 1. The molecule has 2 N–H and O–H groups in total. The van der Waals surface area contributed by atoms with Gasteiger partial charge in [-0.1, -0.05) is 24.3 Å². The molecule has 1 aliphatic heterocycles. The Hall–Kier alpha value is -3.94. The summed E-state index contributed by atoms with van der Waals surface area (Å²) in [5.41, 5.74) is 0.758. The van der Waals surface area contributed by atoms with Gasteiger partial charge in [0.15, 0.2) is 0 Å². The van der Waals surface area contributed by atoms with E-state index in [2.05, 4.69) is 10.6 Å². The van der Waals surface area contributed by atoms with Crippen molar-refractivity contribution >= 4 is 17.7 Å². The molecule has 0 bridgehead atoms. The van der Waals surface area contributed by atoms with Crippen LogP contribution in [0.5, 0.6) is 0 Å². The van der Waals surface area contributed by atoms with Crippen LogP contribution in [0.2, 0.25) is 0 Å². The van der Waals surface area contributed by atoms with Crippen molar-refractivity contribution < 1.29 is 23.2 Å². The van der Waals surface area contributed by atoms with Crippen molar-refractivity contribution in [3.05, 3.63) is 95.7 Å². The number of nitrogens with one attached hydrogen (secondary N) is 2. The predicted octanol–water partition coefficient (Wildman–Crippen LogP) is 3.39. The first-order valence-corrected chi connectivity index (χ1v) is 11.2. The number of nitrogens with zero attached hydrogens (tertiary/aromatic N) is 1. The molecule has 7 nitrogen and oxygen atoms in total. The predicted molar refractivity (Wildman–Crippen MR) is 123 cm³/mol. The average molecular weight is 464 g/mol. The molecule has 4 rings (SSSR count). The molecule has 34 heavy (non-hydrogen) atoms. The molecule has 1 aromatic heterocycles. The SMILES string of the molecule is O=C(N[C@H](C(=O)NCc1ccco1)C1CCN(C(=O)c2cccc(F)c2)CC1)c1ccccc1. The number of halogens is 1. The highest BCUT2D eigenvalue weighted by Gasteiger charge is 2.34. The first-order chi connectivity index (χ1) is 16.5. The molecule has 0 unspecified atom stereocenters. The Bertz CT molecular complexity index is 1130. The lowest BCUT2D eigenvalue weighted by Gasteiger charge is -2.35. The topological polar surface area (TPSA) is 91.7 Å². The highest BCUT2D eigenvalue weighted by Crippen LogP contribution is 2.23. The van der Waals surface area contributed by atoms with Crippen LogP contribution in [0.3, 0.4) is 0 Å². The maximum Gasteiger partial charge on any atom is 0.253 e. The maximum atomic E-state index is 13.5. The Morgan fingerprint density at radius 1 is 0.971 bits per heavy atom. The molecule has 0 aliphatic carbocycles. The van der Waals surface area contributed by atoms with Gasteiger partial charge < -0.3 is 20.0 Å². The lowest BCUT2D eigenvalue weighted by Crippen LogP contribution is -2.53. The summed E-state index contributed by atoms with van der Waals surface area (Å²) in [4.78, 5) is 40.3. The average Bonchev–Trinajstić information content (AvgIpc) is 3.40. The summed E-state index contributed by atoms with van der Waals surface area (Å²) in [6.07, 6.45) is 2.57. The van der Waals surface area contributed by atoms with Crippen molar-refractivity contribution in [3.8, 4) is 0 Å². The van der Waals surface area contributed by atoms with E-state index in [0.29, 0.717) is 42.8 Å². The first kappa shape index (κ1) is 23.2. The normalized spacial score (nSPS) is 14.9. The van der Waals surface area contributed by atoms with Crippen LogP contribution >= 0.6 is 0 Å². The number of hydrogen-bond acceptors (Lipinski definition) is 4. The molecule has 8 heteroatoms. The number of amides is 3. The Morgan fingerprint density at radius 2 is 1.71 bits per heavy atom. The van der Waals surface area contributed by atoms with Gasteiger partial charge in [-0.2, -0.15) is 0 Å². The third-order valence-corrected chi connectivity index (χ3v) is 5.99. The minimum atomic E-state index is -0.769. The van der Waals surface area contributed by atoms with Crippen LogP contribution in [-0.4, -0.2) is 41.8 Å². The Labute approximate surface area is 196 Å². The van der Waals surface area contributed by atoms with E-state index in [4.69, 9.17) is 4.42 Å². The van der Waals surface area contributed by atoms with E-state index in [1.807, 2.05) is 6.07 Å². The number of rotatable bonds is 7. The highest BCUT2D eigenvalue weighted by molar-refractivity contribution is 5.97. The standard InChI is InChI=1S/C26H26FN3O4/c27-21-9-4-8-20(16-21)26(33)30-13-11-18(12-14-30)23(25(32)28-17-22-10-5-15-34-22)29-24(31)19-6-2-1-3-7-19/h1-10,15-16,18,23H,11-14,17H2,(H,28,32)(H,29,31)/t23-/m0/s1. The van der Waals surface area contributed by atoms with Crippen molar-refractivity contribution in [1.29, 1.82) is 0 Å². The second-order valence-electron chi connectivity index (χ2n) is 8.25. The highest BCUT2D eigenvalue weighted by atomic mass is 19.1. The number of piperidine rings is 1. The van der Waals surface area contributed by atoms with E-state index in [-0.39, 0.29) is 30.2 Å². The monoisotopic (exact) mass is 463 g/mol. The fourth-order valence-electron chi connectivity index (χ4n) is 4.15. The second-order valence-corrected chi connectivity index (χ2v) is 8.25. The Morgan fingerprint density at radius 3 is 2.38 bits per heavy atom. The number of likely N-dealkylation sites (tertiary alicyclic amines) is 1. The van der Waals surface area contributed by atoms with Gasteiger partial charge in [0.1, 0.15) is 17.6 Å². The third kappa shape index (κ3) is 5.70. The fraction of sp³-hybridized carbons (Fsp3) is 0.269. The van der Waals surface area contributed by atoms with Gasteiger partial charge in [0, 0.05) is 24.2 Å². The molecule has 1 aliphatic rings. The van der Waals surface area contributed by atoms with Crippen LogP contribution < -0.4 is 10.6 Å². The van der Waals surface area contributed by atoms with Crippen molar-refractivity contribution in [1.82, 2.24) is 15.5 Å². The third-order valence-electron chi connectivity index (χ3n) is 5.99. The lowest BCUT2D eigenvalue weighted by molar-refractivity contribution is -0.124. The minimum absolute atomic E-state index is 0.166. The zero-order valence-corrected chi connectivity index (χ0v) is 18.6. The van der Waals surface area contributed by atoms with Crippen LogP contribution in [0.4, 0.5) is 4.39 Å². The number of carbonyl (C=O) groups excluding carboxylic acids is 3. The molecule has 3 amide bonds. The molecular weight excluding hydrogens is 437 g/mol. The minimum Gasteiger partial charge on any atom is -0.467 e. The summed E-state index contributed by atoms with van der Waals surface area (Å²) in [5, 5.41) is 5.72. The van der Waals surface area contributed by atoms with Crippen LogP contribution in [0, 0.1) is 11.7 Å². The largest absolute Gasteiger partial charge is 0.467 e. The lowest BCUT2D eigenvalue weighted by atomic mass is 9.88. The fourth-order valence-corrected chi connectivity index (χ4v) is 4.15. The van der Waals surface area contributed by atoms with Gasteiger partial charge >= 0.3 is 0 Å². The van der Waals surface area contributed by atoms with Gasteiger partial charge in [0.2, 0.25) is 5.91 Å². The van der Waals surface area contributed by atoms with Crippen molar-refractivity contribution in [2.75, 3.05) is 13.1 Å². The summed E-state index contributed by atoms with van der Waals surface area (Å²) in [5.74, 6) is -0.909. The summed E-state index contributed by atoms with van der Waals surface area (Å²) >= 11 is 0. The van der Waals surface area contributed by atoms with Crippen molar-refractivity contribution in [2.24, 2.45) is 5.92 Å². The van der Waals surface area contributed by atoms with Crippen LogP contribution in [-0.2, 0) is 11.3 Å². The molecule has 1 fully saturated rings. The number of carbonyl (C=O) groups is 3. The van der Waals surface area contributed by atoms with Crippen LogP contribution in [0.15, 0.2) is 77.4 Å². The molecule has 0 saturated carbocycles. The quantitative estimate of drug-likeness (QED) is 0.562. The summed E-state index contributed by atoms with van der Waals surface area (Å²) in [6, 6.07) is 17.1. The van der Waals surface area contributed by atoms with E-state index in [1.54, 1.807) is 47.4 Å². The molecule has 0 spiro atoms. The zero-order chi connectivity index (χ0) is 23.9. The Balaban J connectivity index is 1.43. The van der Waals surface area contributed by atoms with Gasteiger partial charge in [0.05, 0.1) is 12.8 Å². The second kappa shape index (κ2) is 10.8. The van der Waals surface area contributed by atoms with Crippen LogP contribution in [0.1, 0.15) is 39.3 Å². The van der Waals surface area contributed by atoms with E-state index in [1.165, 1.54) is 24.5 Å². The molecule has 0 radical (unpaired) electrons. The van der Waals surface area contributed by atoms with Crippen molar-refractivity contribution in [3.63, 3.8) is 0 Å². The number of hydrogen-bond donors (Lipinski definition) is 2. The van der Waals surface area contributed by atoms with Gasteiger partial charge in [-0.15, -0.1) is 0 Å². The molecule has 176 valence electrons. The van der Waals surface area contributed by atoms with Gasteiger partial charge in [-0.25, -0.2) is 4.39 Å². The molecule has 1 saturated heterocycles. The number of benzene rings is 2. The molecule has 1 atom stereocenters. The first-order valence-electron chi connectivity index (χ1n) is 11.2. The summed E-state index contributed by atoms with van der Waals surface area (Å²) in [7, 11) is 0. The summed E-state index contributed by atoms with van der Waals surface area (Å²) < 4.78 is 18.8. The van der Waals surface area contributed by atoms with Gasteiger partial charge in [0.25, 0.3) is 11.8 Å². The molecule has 2 heterocycles. The van der Waals surface area contributed by atoms with Gasteiger partial charge in [-0.05, 0) is 61.2 Å².